The Bertz CT molecular complexity index is 435. The fourth-order valence-corrected chi connectivity index (χ4v) is 1.24. The second-order valence-corrected chi connectivity index (χ2v) is 3.37. The van der Waals surface area contributed by atoms with Gasteiger partial charge in [-0.1, -0.05) is 0 Å². The average molecular weight is 264 g/mol. The summed E-state index contributed by atoms with van der Waals surface area (Å²) in [7, 11) is 0. The molecule has 0 amide bonds. The average Bonchev–Trinajstić information content (AvgIpc) is 2.25. The van der Waals surface area contributed by atoms with Crippen LogP contribution in [0.4, 0.5) is 24.5 Å². The van der Waals surface area contributed by atoms with Gasteiger partial charge >= 0.3 is 6.18 Å². The lowest BCUT2D eigenvalue weighted by Crippen LogP contribution is -2.21. The molecule has 0 radical (unpaired) electrons. The standard InChI is InChI=1S/C10H11F3N2O3/c1-2-18-9-4-7(14-6-10(11,12)13)3-8(5-9)15(16)17/h3-5,14H,2,6H2,1H3. The van der Waals surface area contributed by atoms with E-state index < -0.39 is 17.6 Å². The minimum Gasteiger partial charge on any atom is -0.494 e. The van der Waals surface area contributed by atoms with Gasteiger partial charge in [-0.3, -0.25) is 10.1 Å². The lowest BCUT2D eigenvalue weighted by Gasteiger charge is -2.11. The molecule has 0 unspecified atom stereocenters. The van der Waals surface area contributed by atoms with Gasteiger partial charge in [0.2, 0.25) is 0 Å². The van der Waals surface area contributed by atoms with Crippen molar-refractivity contribution >= 4 is 11.4 Å². The van der Waals surface area contributed by atoms with E-state index >= 15 is 0 Å². The Labute approximate surface area is 101 Å². The van der Waals surface area contributed by atoms with E-state index in [0.717, 1.165) is 12.1 Å². The van der Waals surface area contributed by atoms with Gasteiger partial charge in [0.1, 0.15) is 12.3 Å². The van der Waals surface area contributed by atoms with E-state index in [2.05, 4.69) is 5.32 Å². The van der Waals surface area contributed by atoms with Gasteiger partial charge in [0.05, 0.1) is 17.6 Å². The van der Waals surface area contributed by atoms with E-state index in [9.17, 15) is 23.3 Å². The summed E-state index contributed by atoms with van der Waals surface area (Å²) in [6.07, 6.45) is -4.39. The maximum Gasteiger partial charge on any atom is 0.405 e. The summed E-state index contributed by atoms with van der Waals surface area (Å²) in [5.41, 5.74) is -0.337. The van der Waals surface area contributed by atoms with Crippen LogP contribution in [0.3, 0.4) is 0 Å². The first-order chi connectivity index (χ1) is 8.31. The predicted molar refractivity (Wildman–Crippen MR) is 58.8 cm³/mol. The summed E-state index contributed by atoms with van der Waals surface area (Å²) in [4.78, 5) is 9.92. The Morgan fingerprint density at radius 2 is 2.06 bits per heavy atom. The van der Waals surface area contributed by atoms with Crippen LogP contribution in [0.5, 0.6) is 5.75 Å². The molecule has 100 valence electrons. The van der Waals surface area contributed by atoms with Crippen molar-refractivity contribution in [3.63, 3.8) is 0 Å². The van der Waals surface area contributed by atoms with E-state index in [1.54, 1.807) is 6.92 Å². The topological polar surface area (TPSA) is 64.4 Å². The largest absolute Gasteiger partial charge is 0.494 e. The Morgan fingerprint density at radius 3 is 2.56 bits per heavy atom. The first-order valence-corrected chi connectivity index (χ1v) is 5.04. The maximum atomic E-state index is 12.0. The van der Waals surface area contributed by atoms with Crippen LogP contribution >= 0.6 is 0 Å². The van der Waals surface area contributed by atoms with E-state index in [1.165, 1.54) is 6.07 Å². The van der Waals surface area contributed by atoms with Crippen LogP contribution in [-0.2, 0) is 0 Å². The van der Waals surface area contributed by atoms with Crippen LogP contribution in [0.25, 0.3) is 0 Å². The zero-order valence-electron chi connectivity index (χ0n) is 9.45. The number of hydrogen-bond acceptors (Lipinski definition) is 4. The van der Waals surface area contributed by atoms with Gasteiger partial charge in [0.25, 0.3) is 5.69 Å². The van der Waals surface area contributed by atoms with E-state index in [4.69, 9.17) is 4.74 Å². The number of nitro groups is 1. The zero-order valence-corrected chi connectivity index (χ0v) is 9.45. The van der Waals surface area contributed by atoms with Gasteiger partial charge < -0.3 is 10.1 Å². The minimum absolute atomic E-state index is 0.00928. The van der Waals surface area contributed by atoms with Crippen molar-refractivity contribution in [1.82, 2.24) is 0 Å². The van der Waals surface area contributed by atoms with Crippen molar-refractivity contribution in [3.05, 3.63) is 28.3 Å². The number of anilines is 1. The predicted octanol–water partition coefficient (Wildman–Crippen LogP) is 2.97. The van der Waals surface area contributed by atoms with Crippen LogP contribution in [0, 0.1) is 10.1 Å². The first-order valence-electron chi connectivity index (χ1n) is 5.04. The van der Waals surface area contributed by atoms with Gasteiger partial charge in [-0.15, -0.1) is 0 Å². The van der Waals surface area contributed by atoms with Crippen LogP contribution in [0.15, 0.2) is 18.2 Å². The van der Waals surface area contributed by atoms with Gasteiger partial charge in [-0.2, -0.15) is 13.2 Å². The molecule has 5 nitrogen and oxygen atoms in total. The monoisotopic (exact) mass is 264 g/mol. The van der Waals surface area contributed by atoms with Crippen LogP contribution in [-0.4, -0.2) is 24.3 Å². The second kappa shape index (κ2) is 5.56. The number of non-ortho nitro benzene ring substituents is 1. The second-order valence-electron chi connectivity index (χ2n) is 3.37. The molecule has 1 aromatic rings. The normalized spacial score (nSPS) is 11.1. The third kappa shape index (κ3) is 4.48. The van der Waals surface area contributed by atoms with E-state index in [1.807, 2.05) is 0 Å². The molecule has 0 bridgehead atoms. The summed E-state index contributed by atoms with van der Waals surface area (Å²) < 4.78 is 41.1. The molecule has 1 rings (SSSR count). The summed E-state index contributed by atoms with van der Waals surface area (Å²) in [6, 6.07) is 3.46. The van der Waals surface area contributed by atoms with Crippen molar-refractivity contribution in [2.45, 2.75) is 13.1 Å². The molecule has 0 saturated carbocycles. The highest BCUT2D eigenvalue weighted by atomic mass is 19.4. The molecule has 0 atom stereocenters. The number of hydrogen-bond donors (Lipinski definition) is 1. The molecule has 1 N–H and O–H groups in total. The van der Waals surface area contributed by atoms with Gasteiger partial charge in [-0.25, -0.2) is 0 Å². The fraction of sp³-hybridized carbons (Fsp3) is 0.400. The lowest BCUT2D eigenvalue weighted by molar-refractivity contribution is -0.384. The van der Waals surface area contributed by atoms with Crippen molar-refractivity contribution in [2.24, 2.45) is 0 Å². The highest BCUT2D eigenvalue weighted by molar-refractivity contribution is 5.56. The van der Waals surface area contributed by atoms with E-state index in [0.29, 0.717) is 0 Å². The number of nitrogens with one attached hydrogen (secondary N) is 1. The molecular weight excluding hydrogens is 253 g/mol. The summed E-state index contributed by atoms with van der Waals surface area (Å²) in [6.45, 7) is 0.668. The molecule has 18 heavy (non-hydrogen) atoms. The molecule has 0 saturated heterocycles. The first kappa shape index (κ1) is 14.1. The zero-order chi connectivity index (χ0) is 13.8. The molecule has 1 aromatic carbocycles. The third-order valence-electron chi connectivity index (χ3n) is 1.91. The molecule has 0 aromatic heterocycles. The number of halogens is 3. The molecule has 0 fully saturated rings. The number of rotatable bonds is 5. The highest BCUT2D eigenvalue weighted by Crippen LogP contribution is 2.27. The van der Waals surface area contributed by atoms with Gasteiger partial charge in [-0.05, 0) is 6.92 Å². The molecule has 0 aliphatic heterocycles. The number of benzene rings is 1. The molecular formula is C10H11F3N2O3. The van der Waals surface area contributed by atoms with Crippen LogP contribution < -0.4 is 10.1 Å². The van der Waals surface area contributed by atoms with Gasteiger partial charge in [0.15, 0.2) is 0 Å². The summed E-state index contributed by atoms with van der Waals surface area (Å²) >= 11 is 0. The quantitative estimate of drug-likeness (QED) is 0.656. The SMILES string of the molecule is CCOc1cc(NCC(F)(F)F)cc([N+](=O)[O-])c1. The number of ether oxygens (including phenoxy) is 1. The van der Waals surface area contributed by atoms with Gasteiger partial charge in [0, 0.05) is 17.8 Å². The smallest absolute Gasteiger partial charge is 0.405 e. The summed E-state index contributed by atoms with van der Waals surface area (Å²) in [5, 5.41) is 12.7. The van der Waals surface area contributed by atoms with Crippen molar-refractivity contribution in [1.29, 1.82) is 0 Å². The number of nitro benzene ring substituents is 1. The third-order valence-corrected chi connectivity index (χ3v) is 1.91. The number of nitrogens with zero attached hydrogens (tertiary/aromatic N) is 1. The van der Waals surface area contributed by atoms with Crippen LogP contribution in [0.1, 0.15) is 6.92 Å². The van der Waals surface area contributed by atoms with Crippen molar-refractivity contribution in [3.8, 4) is 5.75 Å². The molecule has 8 heteroatoms. The Hall–Kier alpha value is -1.99. The lowest BCUT2D eigenvalue weighted by atomic mass is 10.2. The van der Waals surface area contributed by atoms with E-state index in [-0.39, 0.29) is 23.7 Å². The number of alkyl halides is 3. The molecule has 0 aliphatic rings. The van der Waals surface area contributed by atoms with Crippen molar-refractivity contribution < 1.29 is 22.8 Å². The maximum absolute atomic E-state index is 12.0. The fourth-order valence-electron chi connectivity index (χ4n) is 1.24. The Balaban J connectivity index is 2.92. The van der Waals surface area contributed by atoms with Crippen molar-refractivity contribution in [2.75, 3.05) is 18.5 Å². The molecule has 0 aliphatic carbocycles. The molecule has 0 spiro atoms. The van der Waals surface area contributed by atoms with Crippen LogP contribution in [0.2, 0.25) is 0 Å². The minimum atomic E-state index is -4.39. The summed E-state index contributed by atoms with van der Waals surface area (Å²) in [5.74, 6) is 0.149. The highest BCUT2D eigenvalue weighted by Gasteiger charge is 2.27. The Morgan fingerprint density at radius 1 is 1.39 bits per heavy atom. The Kier molecular flexibility index (Phi) is 4.35. The molecule has 0 heterocycles.